The molecule has 0 saturated carbocycles. The van der Waals surface area contributed by atoms with E-state index in [4.69, 9.17) is 14.6 Å². The molecule has 44 heavy (non-hydrogen) atoms. The van der Waals surface area contributed by atoms with E-state index in [9.17, 15) is 9.59 Å². The molecule has 212 valence electrons. The SMILES string of the molecule is Cn1c2cc(-c3cc4ccc(N)cc4oc3=O)ccc2c2ccc(-c3cc4ccc(Cc5ccccc5)cc4oc3=O)cc21. The maximum Gasteiger partial charge on any atom is 0.344 e. The molecule has 6 heteroatoms. The first-order valence-corrected chi connectivity index (χ1v) is 14.4. The topological polar surface area (TPSA) is 91.4 Å². The fraction of sp³-hybridized carbons (Fsp3) is 0.0526. The summed E-state index contributed by atoms with van der Waals surface area (Å²) in [4.78, 5) is 26.1. The fourth-order valence-electron chi connectivity index (χ4n) is 6.17. The van der Waals surface area contributed by atoms with Gasteiger partial charge >= 0.3 is 11.3 Å². The van der Waals surface area contributed by atoms with Gasteiger partial charge in [-0.3, -0.25) is 0 Å². The van der Waals surface area contributed by atoms with Gasteiger partial charge in [-0.25, -0.2) is 9.59 Å². The van der Waals surface area contributed by atoms with Gasteiger partial charge in [-0.2, -0.15) is 0 Å². The molecule has 0 amide bonds. The van der Waals surface area contributed by atoms with Crippen molar-refractivity contribution in [3.05, 3.63) is 147 Å². The Kier molecular flexibility index (Phi) is 5.78. The Balaban J connectivity index is 1.19. The average molecular weight is 575 g/mol. The van der Waals surface area contributed by atoms with Crippen LogP contribution >= 0.6 is 0 Å². The van der Waals surface area contributed by atoms with Crippen LogP contribution in [-0.2, 0) is 13.5 Å². The molecule has 2 N–H and O–H groups in total. The molecule has 8 aromatic rings. The molecule has 3 heterocycles. The van der Waals surface area contributed by atoms with Crippen LogP contribution in [-0.4, -0.2) is 4.57 Å². The van der Waals surface area contributed by atoms with Crippen molar-refractivity contribution in [2.45, 2.75) is 6.42 Å². The summed E-state index contributed by atoms with van der Waals surface area (Å²) in [5, 5.41) is 3.77. The van der Waals surface area contributed by atoms with Crippen molar-refractivity contribution in [3.63, 3.8) is 0 Å². The first-order chi connectivity index (χ1) is 21.4. The third-order valence-corrected chi connectivity index (χ3v) is 8.44. The zero-order chi connectivity index (χ0) is 29.9. The van der Waals surface area contributed by atoms with Gasteiger partial charge in [0.2, 0.25) is 0 Å². The van der Waals surface area contributed by atoms with Gasteiger partial charge < -0.3 is 19.1 Å². The summed E-state index contributed by atoms with van der Waals surface area (Å²) in [6.45, 7) is 0. The fourth-order valence-corrected chi connectivity index (χ4v) is 6.17. The molecule has 0 bridgehead atoms. The molecular weight excluding hydrogens is 548 g/mol. The van der Waals surface area contributed by atoms with E-state index in [1.54, 1.807) is 12.1 Å². The largest absolute Gasteiger partial charge is 0.422 e. The number of nitrogen functional groups attached to an aromatic ring is 1. The van der Waals surface area contributed by atoms with Crippen LogP contribution in [0.1, 0.15) is 11.1 Å². The summed E-state index contributed by atoms with van der Waals surface area (Å²) in [5.41, 5.74) is 13.4. The van der Waals surface area contributed by atoms with Gasteiger partial charge in [0.15, 0.2) is 0 Å². The molecule has 0 saturated heterocycles. The summed E-state index contributed by atoms with van der Waals surface area (Å²) < 4.78 is 13.5. The third kappa shape index (κ3) is 4.27. The van der Waals surface area contributed by atoms with Gasteiger partial charge in [0, 0.05) is 51.4 Å². The van der Waals surface area contributed by atoms with Gasteiger partial charge in [0.25, 0.3) is 0 Å². The maximum absolute atomic E-state index is 13.2. The van der Waals surface area contributed by atoms with Crippen LogP contribution < -0.4 is 17.0 Å². The molecule has 0 aliphatic heterocycles. The van der Waals surface area contributed by atoms with Crippen LogP contribution in [0.2, 0.25) is 0 Å². The third-order valence-electron chi connectivity index (χ3n) is 8.44. The average Bonchev–Trinajstić information content (AvgIpc) is 3.31. The summed E-state index contributed by atoms with van der Waals surface area (Å²) in [5.74, 6) is 0. The molecule has 0 atom stereocenters. The van der Waals surface area contributed by atoms with E-state index in [0.717, 1.165) is 55.7 Å². The standard InChI is InChI=1S/C38H26N2O4/c1-40-33-19-24(31-17-26-8-7-23(16-35(26)43-37(31)41)15-22-5-3-2-4-6-22)10-13-29(33)30-14-11-25(20-34(30)40)32-18-27-9-12-28(39)21-36(27)44-38(32)42/h2-14,16-21H,15,39H2,1H3. The lowest BCUT2D eigenvalue weighted by Crippen LogP contribution is -2.03. The quantitative estimate of drug-likeness (QED) is 0.170. The number of aromatic nitrogens is 1. The Hall–Kier alpha value is -5.88. The number of benzene rings is 5. The summed E-state index contributed by atoms with van der Waals surface area (Å²) in [6, 6.07) is 37.3. The first kappa shape index (κ1) is 25.8. The van der Waals surface area contributed by atoms with Crippen molar-refractivity contribution in [1.82, 2.24) is 4.57 Å². The maximum atomic E-state index is 13.2. The van der Waals surface area contributed by atoms with Gasteiger partial charge in [-0.1, -0.05) is 66.7 Å². The molecule has 0 aliphatic carbocycles. The Morgan fingerprint density at radius 2 is 1.16 bits per heavy atom. The van der Waals surface area contributed by atoms with Gasteiger partial charge in [-0.05, 0) is 71.1 Å². The Morgan fingerprint density at radius 3 is 1.77 bits per heavy atom. The van der Waals surface area contributed by atoms with E-state index in [1.165, 1.54) is 5.56 Å². The number of rotatable bonds is 4. The second-order valence-corrected chi connectivity index (χ2v) is 11.2. The van der Waals surface area contributed by atoms with E-state index in [-0.39, 0.29) is 5.63 Å². The van der Waals surface area contributed by atoms with Crippen molar-refractivity contribution >= 4 is 49.4 Å². The zero-order valence-electron chi connectivity index (χ0n) is 23.8. The lowest BCUT2D eigenvalue weighted by molar-refractivity contribution is 0.563. The highest BCUT2D eigenvalue weighted by molar-refractivity contribution is 6.10. The van der Waals surface area contributed by atoms with Gasteiger partial charge in [-0.15, -0.1) is 0 Å². The van der Waals surface area contributed by atoms with Crippen molar-refractivity contribution in [2.75, 3.05) is 5.73 Å². The number of anilines is 1. The second-order valence-electron chi connectivity index (χ2n) is 11.2. The minimum Gasteiger partial charge on any atom is -0.422 e. The molecule has 8 rings (SSSR count). The van der Waals surface area contributed by atoms with Crippen LogP contribution in [0.3, 0.4) is 0 Å². The van der Waals surface area contributed by atoms with Crippen LogP contribution in [0.4, 0.5) is 5.69 Å². The predicted octanol–water partition coefficient (Wildman–Crippen LogP) is 8.05. The number of nitrogens with zero attached hydrogens (tertiary/aromatic N) is 1. The lowest BCUT2D eigenvalue weighted by atomic mass is 10.0. The number of hydrogen-bond donors (Lipinski definition) is 1. The van der Waals surface area contributed by atoms with Gasteiger partial charge in [0.05, 0.1) is 11.1 Å². The molecule has 3 aromatic heterocycles. The number of hydrogen-bond acceptors (Lipinski definition) is 5. The predicted molar refractivity (Wildman–Crippen MR) is 177 cm³/mol. The van der Waals surface area contributed by atoms with Crippen molar-refractivity contribution in [3.8, 4) is 22.3 Å². The van der Waals surface area contributed by atoms with E-state index >= 15 is 0 Å². The highest BCUT2D eigenvalue weighted by Gasteiger charge is 2.15. The number of nitrogens with two attached hydrogens (primary N) is 1. The monoisotopic (exact) mass is 574 g/mol. The lowest BCUT2D eigenvalue weighted by Gasteiger charge is -2.07. The Morgan fingerprint density at radius 1 is 0.591 bits per heavy atom. The van der Waals surface area contributed by atoms with E-state index in [2.05, 4.69) is 22.8 Å². The Labute approximate surface area is 251 Å². The Bertz CT molecular complexity index is 2540. The summed E-state index contributed by atoms with van der Waals surface area (Å²) in [6.07, 6.45) is 0.766. The zero-order valence-corrected chi connectivity index (χ0v) is 23.8. The molecule has 5 aromatic carbocycles. The van der Waals surface area contributed by atoms with Crippen molar-refractivity contribution < 1.29 is 8.83 Å². The molecule has 0 unspecified atom stereocenters. The minimum absolute atomic E-state index is 0.375. The first-order valence-electron chi connectivity index (χ1n) is 14.4. The smallest absolute Gasteiger partial charge is 0.344 e. The van der Waals surface area contributed by atoms with Crippen LogP contribution in [0.5, 0.6) is 0 Å². The molecule has 0 radical (unpaired) electrons. The minimum atomic E-state index is -0.418. The highest BCUT2D eigenvalue weighted by Crippen LogP contribution is 2.34. The van der Waals surface area contributed by atoms with Crippen LogP contribution in [0.25, 0.3) is 66.0 Å². The molecule has 0 spiro atoms. The van der Waals surface area contributed by atoms with E-state index in [0.29, 0.717) is 28.0 Å². The van der Waals surface area contributed by atoms with Crippen LogP contribution in [0.15, 0.2) is 134 Å². The van der Waals surface area contributed by atoms with Gasteiger partial charge in [0.1, 0.15) is 11.2 Å². The van der Waals surface area contributed by atoms with E-state index < -0.39 is 5.63 Å². The second kappa shape index (κ2) is 9.85. The van der Waals surface area contributed by atoms with E-state index in [1.807, 2.05) is 92.0 Å². The van der Waals surface area contributed by atoms with Crippen molar-refractivity contribution in [2.24, 2.45) is 7.05 Å². The summed E-state index contributed by atoms with van der Waals surface area (Å²) in [7, 11) is 1.99. The number of fused-ring (bicyclic) bond motifs is 5. The van der Waals surface area contributed by atoms with Crippen molar-refractivity contribution in [1.29, 1.82) is 0 Å². The molecular formula is C38H26N2O4. The highest BCUT2D eigenvalue weighted by atomic mass is 16.4. The number of aryl methyl sites for hydroxylation is 1. The summed E-state index contributed by atoms with van der Waals surface area (Å²) >= 11 is 0. The molecule has 0 fully saturated rings. The normalized spacial score (nSPS) is 11.7. The molecule has 0 aliphatic rings. The van der Waals surface area contributed by atoms with Crippen LogP contribution in [0, 0.1) is 0 Å². The molecule has 6 nitrogen and oxygen atoms in total.